The van der Waals surface area contributed by atoms with Crippen molar-refractivity contribution in [1.82, 2.24) is 0 Å². The maximum atomic E-state index is 7.86. The molecule has 14 aromatic rings. The van der Waals surface area contributed by atoms with Crippen LogP contribution < -0.4 is 76.4 Å². The molecule has 6 heterocycles. The van der Waals surface area contributed by atoms with Crippen LogP contribution in [-0.2, 0) is 0 Å². The van der Waals surface area contributed by atoms with Crippen molar-refractivity contribution in [2.24, 2.45) is 0 Å². The van der Waals surface area contributed by atoms with Crippen LogP contribution in [-0.4, -0.2) is 13.4 Å². The van der Waals surface area contributed by atoms with Gasteiger partial charge in [0.15, 0.2) is 23.0 Å². The van der Waals surface area contributed by atoms with Gasteiger partial charge in [0.1, 0.15) is 17.2 Å². The molecular formula is C84H54B2N6O3. The number of hydrogen-bond acceptors (Lipinski definition) is 9. The predicted octanol–water partition coefficient (Wildman–Crippen LogP) is 18.8. The van der Waals surface area contributed by atoms with Gasteiger partial charge in [-0.1, -0.05) is 170 Å². The third kappa shape index (κ3) is 8.12. The van der Waals surface area contributed by atoms with Crippen LogP contribution in [0.4, 0.5) is 102 Å². The first-order valence-corrected chi connectivity index (χ1v) is 32.4. The molecule has 6 aliphatic rings. The largest absolute Gasteiger partial charge is 0.458 e. The number of rotatable bonds is 9. The van der Waals surface area contributed by atoms with Crippen molar-refractivity contribution in [1.29, 1.82) is 0 Å². The van der Waals surface area contributed by atoms with E-state index in [2.05, 4.69) is 327 Å². The Hall–Kier alpha value is -12.6. The SMILES string of the molecule is c1ccc(N(c2ccccc2)c2cc3c4c(c2)N(c2ccccc2)c2cc5c(cc2B4c2cc4c(cc2O3)N(c2ccccc2)c2cc(N(c3ccccc3)c3ccccc3)cc3c2B4c2ccccc2N3c2ccccc2)Oc2cccc3c2N5c2ccccc2O3)cc1. The van der Waals surface area contributed by atoms with Gasteiger partial charge < -0.3 is 38.7 Å². The normalized spacial score (nSPS) is 13.4. The fraction of sp³-hybridized carbons (Fsp3) is 0. The van der Waals surface area contributed by atoms with E-state index in [0.717, 1.165) is 153 Å². The molecular weight excluding hydrogens is 1160 g/mol. The molecule has 0 fully saturated rings. The number of hydrogen-bond donors (Lipinski definition) is 0. The summed E-state index contributed by atoms with van der Waals surface area (Å²) in [6.45, 7) is -0.569. The molecule has 0 aliphatic carbocycles. The zero-order valence-electron chi connectivity index (χ0n) is 51.2. The molecule has 0 spiro atoms. The zero-order chi connectivity index (χ0) is 62.2. The summed E-state index contributed by atoms with van der Waals surface area (Å²) in [6.07, 6.45) is 0. The van der Waals surface area contributed by atoms with Crippen LogP contribution in [0.3, 0.4) is 0 Å². The Labute approximate surface area is 551 Å². The molecule has 11 heteroatoms. The van der Waals surface area contributed by atoms with E-state index in [-0.39, 0.29) is 13.4 Å². The fourth-order valence-corrected chi connectivity index (χ4v) is 15.7. The van der Waals surface area contributed by atoms with Gasteiger partial charge in [0, 0.05) is 86.1 Å². The van der Waals surface area contributed by atoms with Crippen LogP contribution in [0.5, 0.6) is 34.5 Å². The predicted molar refractivity (Wildman–Crippen MR) is 391 cm³/mol. The number of nitrogens with zero attached hydrogens (tertiary/aromatic N) is 6. The molecule has 0 saturated heterocycles. The summed E-state index contributed by atoms with van der Waals surface area (Å²) in [4.78, 5) is 14.5. The fourth-order valence-electron chi connectivity index (χ4n) is 15.7. The molecule has 95 heavy (non-hydrogen) atoms. The Balaban J connectivity index is 0.883. The Kier molecular flexibility index (Phi) is 11.7. The second kappa shape index (κ2) is 21.0. The minimum Gasteiger partial charge on any atom is -0.458 e. The van der Waals surface area contributed by atoms with Gasteiger partial charge in [-0.05, 0) is 178 Å². The highest BCUT2D eigenvalue weighted by molar-refractivity contribution is 7.02. The van der Waals surface area contributed by atoms with Gasteiger partial charge in [0.25, 0.3) is 13.4 Å². The van der Waals surface area contributed by atoms with Gasteiger partial charge in [-0.15, -0.1) is 0 Å². The highest BCUT2D eigenvalue weighted by Crippen LogP contribution is 2.61. The summed E-state index contributed by atoms with van der Waals surface area (Å²) in [7, 11) is 0. The number of fused-ring (bicyclic) bond motifs is 12. The van der Waals surface area contributed by atoms with E-state index in [1.165, 1.54) is 16.4 Å². The monoisotopic (exact) mass is 1220 g/mol. The number of anilines is 18. The summed E-state index contributed by atoms with van der Waals surface area (Å²) in [6, 6.07) is 118. The Morgan fingerprint density at radius 2 is 0.611 bits per heavy atom. The van der Waals surface area contributed by atoms with Crippen molar-refractivity contribution in [3.63, 3.8) is 0 Å². The summed E-state index contributed by atoms with van der Waals surface area (Å²) in [5.74, 6) is 4.53. The van der Waals surface area contributed by atoms with Crippen LogP contribution >= 0.6 is 0 Å². The maximum absolute atomic E-state index is 7.86. The molecule has 0 unspecified atom stereocenters. The van der Waals surface area contributed by atoms with E-state index in [4.69, 9.17) is 14.2 Å². The van der Waals surface area contributed by atoms with Gasteiger partial charge in [-0.2, -0.15) is 0 Å². The molecule has 0 aromatic heterocycles. The van der Waals surface area contributed by atoms with Crippen molar-refractivity contribution in [2.45, 2.75) is 0 Å². The van der Waals surface area contributed by atoms with E-state index in [1.807, 2.05) is 30.3 Å². The molecule has 0 amide bonds. The second-order valence-corrected chi connectivity index (χ2v) is 24.8. The molecule has 9 nitrogen and oxygen atoms in total. The lowest BCUT2D eigenvalue weighted by molar-refractivity contribution is 0.446. The second-order valence-electron chi connectivity index (χ2n) is 24.8. The minimum absolute atomic E-state index is 0.219. The molecule has 0 radical (unpaired) electrons. The quantitative estimate of drug-likeness (QED) is 0.132. The van der Waals surface area contributed by atoms with Crippen molar-refractivity contribution in [2.75, 3.05) is 29.4 Å². The topological polar surface area (TPSA) is 47.1 Å². The van der Waals surface area contributed by atoms with Crippen molar-refractivity contribution < 1.29 is 14.2 Å². The summed E-state index contributed by atoms with van der Waals surface area (Å²) in [5, 5.41) is 0. The average molecular weight is 1220 g/mol. The molecule has 20 rings (SSSR count). The zero-order valence-corrected chi connectivity index (χ0v) is 51.2. The average Bonchev–Trinajstić information content (AvgIpc) is 0.690. The van der Waals surface area contributed by atoms with Crippen molar-refractivity contribution >= 4 is 149 Å². The Bertz CT molecular complexity index is 5330. The smallest absolute Gasteiger partial charge is 0.256 e. The molecule has 14 aromatic carbocycles. The first-order valence-electron chi connectivity index (χ1n) is 32.4. The standard InChI is InChI=1S/C84H54B2N6O3/c1-8-27-55(28-9-1)87(56-29-10-2-11-30-56)62-47-73-82-74(48-62)91(61-39-20-7-21-40-61)71-54-79-67(51-65(71)85(82)64-41-22-23-42-68(64)89(73)59-35-16-5-17-36-59)86-66-52-80-72(92-69-43-24-25-44-76(69)93-77-45-26-46-78(94-80)84(77)92)53-70(66)90(60-37-18-6-19-38-60)75-49-63(50-81(95-79)83(75)86)88(57-31-12-3-13-32-57)58-33-14-4-15-34-58/h1-54H. The lowest BCUT2D eigenvalue weighted by atomic mass is 9.30. The Morgan fingerprint density at radius 1 is 0.211 bits per heavy atom. The van der Waals surface area contributed by atoms with E-state index >= 15 is 0 Å². The molecule has 0 saturated carbocycles. The third-order valence-corrected chi connectivity index (χ3v) is 19.5. The Morgan fingerprint density at radius 3 is 1.16 bits per heavy atom. The highest BCUT2D eigenvalue weighted by Gasteiger charge is 2.49. The van der Waals surface area contributed by atoms with Gasteiger partial charge in [0.05, 0.1) is 22.7 Å². The van der Waals surface area contributed by atoms with Gasteiger partial charge in [0.2, 0.25) is 0 Å². The molecule has 0 bridgehead atoms. The maximum Gasteiger partial charge on any atom is 0.256 e. The first kappa shape index (κ1) is 53.1. The van der Waals surface area contributed by atoms with E-state index in [9.17, 15) is 0 Å². The summed E-state index contributed by atoms with van der Waals surface area (Å²) >= 11 is 0. The van der Waals surface area contributed by atoms with Gasteiger partial charge in [-0.25, -0.2) is 0 Å². The van der Waals surface area contributed by atoms with Crippen LogP contribution in [0.15, 0.2) is 328 Å². The van der Waals surface area contributed by atoms with E-state index < -0.39 is 0 Å². The van der Waals surface area contributed by atoms with Crippen LogP contribution in [0.25, 0.3) is 0 Å². The highest BCUT2D eigenvalue weighted by atomic mass is 16.5. The third-order valence-electron chi connectivity index (χ3n) is 19.5. The molecule has 6 aliphatic heterocycles. The minimum atomic E-state index is -0.350. The lowest BCUT2D eigenvalue weighted by Gasteiger charge is -2.46. The van der Waals surface area contributed by atoms with E-state index in [1.54, 1.807) is 0 Å². The van der Waals surface area contributed by atoms with Crippen molar-refractivity contribution in [3.8, 4) is 34.5 Å². The number of benzene rings is 14. The summed E-state index contributed by atoms with van der Waals surface area (Å²) < 4.78 is 21.8. The van der Waals surface area contributed by atoms with Gasteiger partial charge in [-0.3, -0.25) is 4.90 Å². The van der Waals surface area contributed by atoms with Gasteiger partial charge >= 0.3 is 0 Å². The number of para-hydroxylation sites is 11. The van der Waals surface area contributed by atoms with Crippen LogP contribution in [0.1, 0.15) is 0 Å². The van der Waals surface area contributed by atoms with Crippen LogP contribution in [0, 0.1) is 0 Å². The molecule has 0 N–H and O–H groups in total. The van der Waals surface area contributed by atoms with E-state index in [0.29, 0.717) is 0 Å². The molecule has 444 valence electrons. The number of ether oxygens (including phenoxy) is 3. The van der Waals surface area contributed by atoms with Crippen LogP contribution in [0.2, 0.25) is 0 Å². The molecule has 0 atom stereocenters. The lowest BCUT2D eigenvalue weighted by Crippen LogP contribution is -2.64. The summed E-state index contributed by atoms with van der Waals surface area (Å²) in [5.41, 5.74) is 25.2. The van der Waals surface area contributed by atoms with Crippen molar-refractivity contribution in [3.05, 3.63) is 328 Å². The first-order chi connectivity index (χ1) is 47.1.